The van der Waals surface area contributed by atoms with Crippen LogP contribution in [-0.2, 0) is 10.5 Å². The lowest BCUT2D eigenvalue weighted by Crippen LogP contribution is -2.19. The molecule has 0 radical (unpaired) electrons. The number of halogens is 1. The summed E-state index contributed by atoms with van der Waals surface area (Å²) in [6.07, 6.45) is 1.37. The van der Waals surface area contributed by atoms with E-state index in [0.717, 1.165) is 5.56 Å². The topological polar surface area (TPSA) is 84.6 Å². The molecule has 0 saturated carbocycles. The van der Waals surface area contributed by atoms with E-state index in [1.807, 2.05) is 18.2 Å². The molecule has 0 aliphatic carbocycles. The second-order valence-corrected chi connectivity index (χ2v) is 6.19. The first kappa shape index (κ1) is 18.0. The Hall–Kier alpha value is -2.38. The van der Waals surface area contributed by atoms with Crippen molar-refractivity contribution in [2.45, 2.75) is 5.75 Å². The number of benzene rings is 2. The molecule has 2 aromatic rings. The van der Waals surface area contributed by atoms with Crippen molar-refractivity contribution in [1.82, 2.24) is 5.43 Å². The normalized spacial score (nSPS) is 10.7. The second-order valence-electron chi connectivity index (χ2n) is 4.77. The third kappa shape index (κ3) is 6.02. The van der Waals surface area contributed by atoms with Gasteiger partial charge in [-0.1, -0.05) is 35.9 Å². The predicted octanol–water partition coefficient (Wildman–Crippen LogP) is 3.63. The number of nitrogens with one attached hydrogen (secondary N) is 1. The zero-order chi connectivity index (χ0) is 17.4. The van der Waals surface area contributed by atoms with Gasteiger partial charge in [0, 0.05) is 28.5 Å². The molecule has 0 saturated heterocycles. The van der Waals surface area contributed by atoms with E-state index in [0.29, 0.717) is 16.3 Å². The third-order valence-corrected chi connectivity index (χ3v) is 4.11. The lowest BCUT2D eigenvalue weighted by atomic mass is 10.2. The molecule has 6 nitrogen and oxygen atoms in total. The molecule has 8 heteroatoms. The van der Waals surface area contributed by atoms with Gasteiger partial charge in [0.05, 0.1) is 16.9 Å². The Kier molecular flexibility index (Phi) is 6.77. The van der Waals surface area contributed by atoms with Gasteiger partial charge in [0.25, 0.3) is 5.69 Å². The minimum atomic E-state index is -0.484. The molecule has 1 N–H and O–H groups in total. The molecule has 0 aliphatic heterocycles. The number of nitrogens with zero attached hydrogens (tertiary/aromatic N) is 2. The largest absolute Gasteiger partial charge is 0.272 e. The zero-order valence-electron chi connectivity index (χ0n) is 12.5. The molecule has 0 heterocycles. The van der Waals surface area contributed by atoms with E-state index in [2.05, 4.69) is 10.5 Å². The van der Waals surface area contributed by atoms with Crippen LogP contribution in [0.15, 0.2) is 53.6 Å². The first-order valence-electron chi connectivity index (χ1n) is 6.93. The number of nitro groups is 1. The van der Waals surface area contributed by atoms with E-state index in [4.69, 9.17) is 11.6 Å². The Morgan fingerprint density at radius 3 is 2.83 bits per heavy atom. The summed E-state index contributed by atoms with van der Waals surface area (Å²) >= 11 is 7.34. The van der Waals surface area contributed by atoms with Crippen molar-refractivity contribution in [3.05, 3.63) is 74.8 Å². The summed E-state index contributed by atoms with van der Waals surface area (Å²) in [4.78, 5) is 21.9. The molecule has 0 bridgehead atoms. The average molecular weight is 364 g/mol. The van der Waals surface area contributed by atoms with Crippen molar-refractivity contribution < 1.29 is 9.72 Å². The number of thioether (sulfide) groups is 1. The number of carbonyl (C=O) groups excluding carboxylic acids is 1. The molecule has 2 aromatic carbocycles. The highest BCUT2D eigenvalue weighted by Crippen LogP contribution is 2.16. The van der Waals surface area contributed by atoms with Gasteiger partial charge < -0.3 is 0 Å². The second kappa shape index (κ2) is 9.05. The van der Waals surface area contributed by atoms with Crippen molar-refractivity contribution in [3.63, 3.8) is 0 Å². The van der Waals surface area contributed by atoms with Crippen molar-refractivity contribution in [3.8, 4) is 0 Å². The lowest BCUT2D eigenvalue weighted by molar-refractivity contribution is -0.384. The molecule has 0 atom stereocenters. The van der Waals surface area contributed by atoms with Crippen molar-refractivity contribution >= 4 is 41.2 Å². The molecule has 2 rings (SSSR count). The molecule has 0 aromatic heterocycles. The van der Waals surface area contributed by atoms with E-state index in [1.54, 1.807) is 18.2 Å². The van der Waals surface area contributed by atoms with Crippen molar-refractivity contribution in [2.24, 2.45) is 5.10 Å². The quantitative estimate of drug-likeness (QED) is 0.462. The Balaban J connectivity index is 1.76. The lowest BCUT2D eigenvalue weighted by Gasteiger charge is -2.02. The maximum atomic E-state index is 11.7. The number of hydrazone groups is 1. The predicted molar refractivity (Wildman–Crippen MR) is 96.4 cm³/mol. The fourth-order valence-electron chi connectivity index (χ4n) is 1.82. The van der Waals surface area contributed by atoms with Crippen LogP contribution >= 0.6 is 23.4 Å². The van der Waals surface area contributed by atoms with Gasteiger partial charge in [0.15, 0.2) is 0 Å². The summed E-state index contributed by atoms with van der Waals surface area (Å²) in [5.41, 5.74) is 3.95. The summed E-state index contributed by atoms with van der Waals surface area (Å²) in [7, 11) is 0. The Morgan fingerprint density at radius 1 is 1.29 bits per heavy atom. The number of nitro benzene ring substituents is 1. The van der Waals surface area contributed by atoms with E-state index < -0.39 is 4.92 Å². The zero-order valence-corrected chi connectivity index (χ0v) is 14.1. The standard InChI is InChI=1S/C16H14ClN3O3S/c17-14-5-1-4-13(7-14)10-24-11-16(21)19-18-9-12-3-2-6-15(8-12)20(22)23/h1-9H,10-11H2,(H,19,21)/b18-9-. The van der Waals surface area contributed by atoms with Gasteiger partial charge in [-0.25, -0.2) is 5.43 Å². The highest BCUT2D eigenvalue weighted by atomic mass is 35.5. The van der Waals surface area contributed by atoms with E-state index in [9.17, 15) is 14.9 Å². The van der Waals surface area contributed by atoms with Gasteiger partial charge in [-0.05, 0) is 17.7 Å². The van der Waals surface area contributed by atoms with E-state index in [-0.39, 0.29) is 17.3 Å². The molecule has 0 fully saturated rings. The summed E-state index contributed by atoms with van der Waals surface area (Å²) in [5, 5.41) is 15.1. The minimum Gasteiger partial charge on any atom is -0.272 e. The van der Waals surface area contributed by atoms with Crippen LogP contribution in [-0.4, -0.2) is 22.8 Å². The Morgan fingerprint density at radius 2 is 2.08 bits per heavy atom. The van der Waals surface area contributed by atoms with Crippen molar-refractivity contribution in [2.75, 3.05) is 5.75 Å². The molecular weight excluding hydrogens is 350 g/mol. The van der Waals surface area contributed by atoms with Gasteiger partial charge in [-0.2, -0.15) is 5.10 Å². The number of amides is 1. The number of rotatable bonds is 7. The number of hydrogen-bond acceptors (Lipinski definition) is 5. The van der Waals surface area contributed by atoms with E-state index in [1.165, 1.54) is 30.1 Å². The molecule has 0 spiro atoms. The summed E-state index contributed by atoms with van der Waals surface area (Å²) < 4.78 is 0. The Bertz CT molecular complexity index is 768. The summed E-state index contributed by atoms with van der Waals surface area (Å²) in [6.45, 7) is 0. The van der Waals surface area contributed by atoms with E-state index >= 15 is 0 Å². The van der Waals surface area contributed by atoms with Crippen LogP contribution in [0.2, 0.25) is 5.02 Å². The van der Waals surface area contributed by atoms with Crippen molar-refractivity contribution in [1.29, 1.82) is 0 Å². The molecule has 0 unspecified atom stereocenters. The molecule has 0 aliphatic rings. The third-order valence-electron chi connectivity index (χ3n) is 2.87. The van der Waals surface area contributed by atoms with Crippen LogP contribution in [0.1, 0.15) is 11.1 Å². The Labute approximate surface area is 148 Å². The highest BCUT2D eigenvalue weighted by molar-refractivity contribution is 7.99. The molecule has 24 heavy (non-hydrogen) atoms. The maximum Gasteiger partial charge on any atom is 0.270 e. The van der Waals surface area contributed by atoms with Gasteiger partial charge in [0.1, 0.15) is 0 Å². The first-order valence-corrected chi connectivity index (χ1v) is 8.46. The molecular formula is C16H14ClN3O3S. The van der Waals surface area contributed by atoms with Crippen LogP contribution < -0.4 is 5.43 Å². The van der Waals surface area contributed by atoms with Gasteiger partial charge in [-0.15, -0.1) is 11.8 Å². The maximum absolute atomic E-state index is 11.7. The fraction of sp³-hybridized carbons (Fsp3) is 0.125. The number of carbonyl (C=O) groups is 1. The summed E-state index contributed by atoms with van der Waals surface area (Å²) in [6, 6.07) is 13.4. The molecule has 1 amide bonds. The fourth-order valence-corrected chi connectivity index (χ4v) is 2.80. The highest BCUT2D eigenvalue weighted by Gasteiger charge is 2.04. The van der Waals surface area contributed by atoms with Gasteiger partial charge in [-0.3, -0.25) is 14.9 Å². The average Bonchev–Trinajstić information content (AvgIpc) is 2.55. The number of non-ortho nitro benzene ring substituents is 1. The smallest absolute Gasteiger partial charge is 0.270 e. The molecule has 124 valence electrons. The van der Waals surface area contributed by atoms with Crippen LogP contribution in [0.25, 0.3) is 0 Å². The monoisotopic (exact) mass is 363 g/mol. The van der Waals surface area contributed by atoms with Crippen LogP contribution in [0.4, 0.5) is 5.69 Å². The van der Waals surface area contributed by atoms with Crippen LogP contribution in [0.3, 0.4) is 0 Å². The van der Waals surface area contributed by atoms with Gasteiger partial charge in [0.2, 0.25) is 5.91 Å². The first-order chi connectivity index (χ1) is 11.5. The van der Waals surface area contributed by atoms with Crippen LogP contribution in [0.5, 0.6) is 0 Å². The minimum absolute atomic E-state index is 0.0256. The van der Waals surface area contributed by atoms with Crippen LogP contribution in [0, 0.1) is 10.1 Å². The number of hydrogen-bond donors (Lipinski definition) is 1. The van der Waals surface area contributed by atoms with Gasteiger partial charge >= 0.3 is 0 Å². The SMILES string of the molecule is O=C(CSCc1cccc(Cl)c1)N/N=C\c1cccc([N+](=O)[O-])c1. The summed E-state index contributed by atoms with van der Waals surface area (Å²) in [5.74, 6) is 0.671.